The van der Waals surface area contributed by atoms with Crippen LogP contribution in [0.4, 0.5) is 0 Å². The van der Waals surface area contributed by atoms with Gasteiger partial charge in [-0.1, -0.05) is 19.1 Å². The van der Waals surface area contributed by atoms with Crippen LogP contribution in [-0.2, 0) is 9.53 Å². The molecular weight excluding hydrogens is 128 g/mol. The van der Waals surface area contributed by atoms with Crippen molar-refractivity contribution in [3.8, 4) is 0 Å². The molecule has 0 saturated carbocycles. The van der Waals surface area contributed by atoms with Gasteiger partial charge in [-0.3, -0.25) is 4.79 Å². The predicted molar refractivity (Wildman–Crippen MR) is 40.6 cm³/mol. The van der Waals surface area contributed by atoms with Gasteiger partial charge in [-0.25, -0.2) is 0 Å². The van der Waals surface area contributed by atoms with Crippen LogP contribution in [0.25, 0.3) is 0 Å². The summed E-state index contributed by atoms with van der Waals surface area (Å²) in [5, 5.41) is 0. The van der Waals surface area contributed by atoms with Crippen LogP contribution >= 0.6 is 0 Å². The Kier molecular flexibility index (Phi) is 4.63. The summed E-state index contributed by atoms with van der Waals surface area (Å²) in [7, 11) is 1.41. The quantitative estimate of drug-likeness (QED) is 0.443. The number of allylic oxidation sites excluding steroid dienone is 2. The first-order valence-electron chi connectivity index (χ1n) is 3.40. The van der Waals surface area contributed by atoms with Gasteiger partial charge < -0.3 is 4.74 Å². The smallest absolute Gasteiger partial charge is 0.306 e. The van der Waals surface area contributed by atoms with Crippen molar-refractivity contribution in [1.82, 2.24) is 0 Å². The number of methoxy groups -OCH3 is 1. The molecule has 0 amide bonds. The maximum absolute atomic E-state index is 10.6. The first kappa shape index (κ1) is 9.21. The topological polar surface area (TPSA) is 26.3 Å². The predicted octanol–water partition coefficient (Wildman–Crippen LogP) is 1.76. The molecule has 1 unspecified atom stereocenters. The van der Waals surface area contributed by atoms with Crippen LogP contribution in [0.1, 0.15) is 20.3 Å². The molecule has 2 heteroatoms. The van der Waals surface area contributed by atoms with E-state index in [1.165, 1.54) is 7.11 Å². The molecule has 0 fully saturated rings. The Bertz CT molecular complexity index is 127. The highest BCUT2D eigenvalue weighted by Crippen LogP contribution is 2.03. The first-order chi connectivity index (χ1) is 4.70. The summed E-state index contributed by atoms with van der Waals surface area (Å²) < 4.78 is 4.49. The number of hydrogen-bond acceptors (Lipinski definition) is 2. The van der Waals surface area contributed by atoms with Gasteiger partial charge in [0.05, 0.1) is 13.5 Å². The Balaban J connectivity index is 3.57. The molecule has 0 aliphatic carbocycles. The molecule has 0 aromatic carbocycles. The molecule has 0 spiro atoms. The van der Waals surface area contributed by atoms with Gasteiger partial charge in [-0.2, -0.15) is 0 Å². The van der Waals surface area contributed by atoms with Crippen molar-refractivity contribution in [2.45, 2.75) is 20.3 Å². The molecule has 0 aliphatic rings. The van der Waals surface area contributed by atoms with Crippen molar-refractivity contribution in [2.24, 2.45) is 5.92 Å². The molecule has 0 rings (SSSR count). The van der Waals surface area contributed by atoms with Crippen molar-refractivity contribution in [2.75, 3.05) is 7.11 Å². The van der Waals surface area contributed by atoms with E-state index in [4.69, 9.17) is 0 Å². The lowest BCUT2D eigenvalue weighted by Crippen LogP contribution is -2.04. The molecule has 0 heterocycles. The van der Waals surface area contributed by atoms with Crippen molar-refractivity contribution >= 4 is 5.97 Å². The van der Waals surface area contributed by atoms with Crippen molar-refractivity contribution in [3.63, 3.8) is 0 Å². The minimum atomic E-state index is -0.148. The van der Waals surface area contributed by atoms with Gasteiger partial charge >= 0.3 is 5.97 Å². The molecule has 0 bridgehead atoms. The van der Waals surface area contributed by atoms with E-state index in [9.17, 15) is 4.79 Å². The number of rotatable bonds is 3. The SMILES string of the molecule is C/C=C/C(C)CC(=O)OC. The second-order valence-corrected chi connectivity index (χ2v) is 2.28. The fourth-order valence-electron chi connectivity index (χ4n) is 0.743. The lowest BCUT2D eigenvalue weighted by Gasteiger charge is -2.02. The zero-order chi connectivity index (χ0) is 7.98. The molecule has 58 valence electrons. The average Bonchev–Trinajstić information content (AvgIpc) is 1.88. The summed E-state index contributed by atoms with van der Waals surface area (Å²) in [5.74, 6) is 0.142. The molecule has 1 atom stereocenters. The lowest BCUT2D eigenvalue weighted by molar-refractivity contribution is -0.141. The fourth-order valence-corrected chi connectivity index (χ4v) is 0.743. The van der Waals surface area contributed by atoms with Crippen molar-refractivity contribution in [1.29, 1.82) is 0 Å². The summed E-state index contributed by atoms with van der Waals surface area (Å²) in [6.07, 6.45) is 4.39. The maximum atomic E-state index is 10.6. The number of hydrogen-bond donors (Lipinski definition) is 0. The van der Waals surface area contributed by atoms with E-state index in [-0.39, 0.29) is 11.9 Å². The number of esters is 1. The molecule has 2 nitrogen and oxygen atoms in total. The third-order valence-electron chi connectivity index (χ3n) is 1.24. The standard InChI is InChI=1S/C8H14O2/c1-4-5-7(2)6-8(9)10-3/h4-5,7H,6H2,1-3H3/b5-4+. The van der Waals surface area contributed by atoms with Crippen LogP contribution < -0.4 is 0 Å². The zero-order valence-corrected chi connectivity index (χ0v) is 6.76. The number of carbonyl (C=O) groups excluding carboxylic acids is 1. The normalized spacial score (nSPS) is 13.5. The zero-order valence-electron chi connectivity index (χ0n) is 6.76. The van der Waals surface area contributed by atoms with Gasteiger partial charge in [0.2, 0.25) is 0 Å². The Morgan fingerprint density at radius 2 is 2.30 bits per heavy atom. The van der Waals surface area contributed by atoms with Crippen LogP contribution in [0.15, 0.2) is 12.2 Å². The third-order valence-corrected chi connectivity index (χ3v) is 1.24. The van der Waals surface area contributed by atoms with Crippen molar-refractivity contribution < 1.29 is 9.53 Å². The summed E-state index contributed by atoms with van der Waals surface area (Å²) in [5.41, 5.74) is 0. The number of ether oxygens (including phenoxy) is 1. The molecule has 0 saturated heterocycles. The van der Waals surface area contributed by atoms with E-state index in [2.05, 4.69) is 4.74 Å². The van der Waals surface area contributed by atoms with Gasteiger partial charge in [0.1, 0.15) is 0 Å². The molecule has 0 aliphatic heterocycles. The van der Waals surface area contributed by atoms with Crippen LogP contribution in [0.3, 0.4) is 0 Å². The minimum Gasteiger partial charge on any atom is -0.469 e. The number of carbonyl (C=O) groups is 1. The Hall–Kier alpha value is -0.790. The monoisotopic (exact) mass is 142 g/mol. The summed E-state index contributed by atoms with van der Waals surface area (Å²) in [6, 6.07) is 0. The lowest BCUT2D eigenvalue weighted by atomic mass is 10.1. The summed E-state index contributed by atoms with van der Waals surface area (Å²) >= 11 is 0. The van der Waals surface area contributed by atoms with Crippen LogP contribution in [0.2, 0.25) is 0 Å². The highest BCUT2D eigenvalue weighted by molar-refractivity contribution is 5.69. The van der Waals surface area contributed by atoms with Gasteiger partial charge in [0, 0.05) is 0 Å². The van der Waals surface area contributed by atoms with E-state index in [0.717, 1.165) is 0 Å². The van der Waals surface area contributed by atoms with E-state index in [0.29, 0.717) is 6.42 Å². The van der Waals surface area contributed by atoms with Crippen molar-refractivity contribution in [3.05, 3.63) is 12.2 Å². The molecule has 0 aromatic rings. The Morgan fingerprint density at radius 3 is 2.70 bits per heavy atom. The van der Waals surface area contributed by atoms with Gasteiger partial charge in [-0.05, 0) is 12.8 Å². The summed E-state index contributed by atoms with van der Waals surface area (Å²) in [4.78, 5) is 10.6. The molecule has 0 aromatic heterocycles. The average molecular weight is 142 g/mol. The molecule has 0 radical (unpaired) electrons. The van der Waals surface area contributed by atoms with E-state index in [1.807, 2.05) is 26.0 Å². The van der Waals surface area contributed by atoms with Gasteiger partial charge in [0.15, 0.2) is 0 Å². The molecular formula is C8H14O2. The Labute approximate surface area is 61.9 Å². The molecule has 10 heavy (non-hydrogen) atoms. The largest absolute Gasteiger partial charge is 0.469 e. The molecule has 0 N–H and O–H groups in total. The van der Waals surface area contributed by atoms with Crippen LogP contribution in [0.5, 0.6) is 0 Å². The van der Waals surface area contributed by atoms with Crippen LogP contribution in [-0.4, -0.2) is 13.1 Å². The second-order valence-electron chi connectivity index (χ2n) is 2.28. The Morgan fingerprint density at radius 1 is 1.70 bits per heavy atom. The van der Waals surface area contributed by atoms with E-state index >= 15 is 0 Å². The maximum Gasteiger partial charge on any atom is 0.306 e. The highest BCUT2D eigenvalue weighted by atomic mass is 16.5. The third kappa shape index (κ3) is 4.13. The summed E-state index contributed by atoms with van der Waals surface area (Å²) in [6.45, 7) is 3.92. The first-order valence-corrected chi connectivity index (χ1v) is 3.40. The fraction of sp³-hybridized carbons (Fsp3) is 0.625. The van der Waals surface area contributed by atoms with E-state index in [1.54, 1.807) is 0 Å². The minimum absolute atomic E-state index is 0.148. The van der Waals surface area contributed by atoms with Crippen LogP contribution in [0, 0.1) is 5.92 Å². The van der Waals surface area contributed by atoms with Gasteiger partial charge in [-0.15, -0.1) is 0 Å². The highest BCUT2D eigenvalue weighted by Gasteiger charge is 2.04. The second kappa shape index (κ2) is 5.03. The van der Waals surface area contributed by atoms with Gasteiger partial charge in [0.25, 0.3) is 0 Å². The van der Waals surface area contributed by atoms with E-state index < -0.39 is 0 Å².